The van der Waals surface area contributed by atoms with Crippen LogP contribution < -0.4 is 4.90 Å². The number of fused-ring (bicyclic) bond motifs is 3. The molecular formula is C27H22N2O. The quantitative estimate of drug-likeness (QED) is 0.299. The molecule has 0 aliphatic carbocycles. The summed E-state index contributed by atoms with van der Waals surface area (Å²) in [6.07, 6.45) is 0.912. The van der Waals surface area contributed by atoms with Gasteiger partial charge in [0.15, 0.2) is 0 Å². The minimum Gasteiger partial charge on any atom is -0.341 e. The van der Waals surface area contributed by atoms with Gasteiger partial charge in [0.2, 0.25) is 0 Å². The molecule has 0 atom stereocenters. The maximum atomic E-state index is 11.3. The molecule has 0 N–H and O–H groups in total. The van der Waals surface area contributed by atoms with E-state index in [1.807, 2.05) is 24.3 Å². The molecule has 5 rings (SSSR count). The predicted octanol–water partition coefficient (Wildman–Crippen LogP) is 7.10. The molecule has 0 saturated heterocycles. The minimum atomic E-state index is 0.704. The van der Waals surface area contributed by atoms with Gasteiger partial charge in [0.25, 0.3) is 0 Å². The van der Waals surface area contributed by atoms with E-state index < -0.39 is 0 Å². The van der Waals surface area contributed by atoms with Crippen LogP contribution in [0, 0.1) is 0 Å². The minimum absolute atomic E-state index is 0.704. The van der Waals surface area contributed by atoms with Gasteiger partial charge in [-0.1, -0.05) is 54.6 Å². The Morgan fingerprint density at radius 1 is 0.700 bits per heavy atom. The highest BCUT2D eigenvalue weighted by Crippen LogP contribution is 2.38. The summed E-state index contributed by atoms with van der Waals surface area (Å²) in [5.41, 5.74) is 6.31. The van der Waals surface area contributed by atoms with Crippen LogP contribution in [-0.4, -0.2) is 10.9 Å². The van der Waals surface area contributed by atoms with Crippen molar-refractivity contribution in [2.24, 2.45) is 0 Å². The van der Waals surface area contributed by atoms with Crippen LogP contribution in [-0.2, 0) is 6.54 Å². The SMILES string of the molecule is CCn1c2cc(C=O)ccc2c2ccc(N(c3ccccc3)c3ccccc3)cc21. The smallest absolute Gasteiger partial charge is 0.150 e. The number of nitrogens with zero attached hydrogens (tertiary/aromatic N) is 2. The number of aryl methyl sites for hydroxylation is 1. The van der Waals surface area contributed by atoms with Gasteiger partial charge in [-0.2, -0.15) is 0 Å². The summed E-state index contributed by atoms with van der Waals surface area (Å²) in [4.78, 5) is 13.6. The summed E-state index contributed by atoms with van der Waals surface area (Å²) in [6.45, 7) is 2.98. The van der Waals surface area contributed by atoms with Gasteiger partial charge in [-0.05, 0) is 49.4 Å². The molecule has 5 aromatic rings. The normalized spacial score (nSPS) is 11.1. The maximum Gasteiger partial charge on any atom is 0.150 e. The van der Waals surface area contributed by atoms with Crippen molar-refractivity contribution in [1.82, 2.24) is 4.57 Å². The largest absolute Gasteiger partial charge is 0.341 e. The highest BCUT2D eigenvalue weighted by Gasteiger charge is 2.16. The van der Waals surface area contributed by atoms with E-state index in [4.69, 9.17) is 0 Å². The number of para-hydroxylation sites is 2. The first-order chi connectivity index (χ1) is 14.8. The van der Waals surface area contributed by atoms with Crippen molar-refractivity contribution in [1.29, 1.82) is 0 Å². The molecule has 0 spiro atoms. The van der Waals surface area contributed by atoms with Crippen molar-refractivity contribution in [2.75, 3.05) is 4.90 Å². The van der Waals surface area contributed by atoms with Crippen LogP contribution in [0.3, 0.4) is 0 Å². The molecule has 4 aromatic carbocycles. The molecule has 3 heteroatoms. The number of benzene rings is 4. The van der Waals surface area contributed by atoms with Crippen LogP contribution >= 0.6 is 0 Å². The molecule has 0 unspecified atom stereocenters. The van der Waals surface area contributed by atoms with Crippen molar-refractivity contribution in [3.63, 3.8) is 0 Å². The van der Waals surface area contributed by atoms with E-state index in [2.05, 4.69) is 89.2 Å². The van der Waals surface area contributed by atoms with Crippen LogP contribution in [0.1, 0.15) is 17.3 Å². The van der Waals surface area contributed by atoms with Crippen LogP contribution in [0.5, 0.6) is 0 Å². The highest BCUT2D eigenvalue weighted by molar-refractivity contribution is 6.10. The van der Waals surface area contributed by atoms with Gasteiger partial charge in [-0.3, -0.25) is 4.79 Å². The van der Waals surface area contributed by atoms with Gasteiger partial charge in [0, 0.05) is 45.5 Å². The van der Waals surface area contributed by atoms with E-state index in [-0.39, 0.29) is 0 Å². The lowest BCUT2D eigenvalue weighted by Crippen LogP contribution is -2.09. The molecule has 0 aliphatic rings. The predicted molar refractivity (Wildman–Crippen MR) is 125 cm³/mol. The topological polar surface area (TPSA) is 25.2 Å². The summed E-state index contributed by atoms with van der Waals surface area (Å²) in [5.74, 6) is 0. The summed E-state index contributed by atoms with van der Waals surface area (Å²) in [6, 6.07) is 33.4. The van der Waals surface area contributed by atoms with E-state index >= 15 is 0 Å². The molecule has 0 aliphatic heterocycles. The van der Waals surface area contributed by atoms with Crippen molar-refractivity contribution >= 4 is 45.2 Å². The maximum absolute atomic E-state index is 11.3. The van der Waals surface area contributed by atoms with Gasteiger partial charge in [0.05, 0.1) is 5.52 Å². The number of carbonyl (C=O) groups is 1. The molecular weight excluding hydrogens is 368 g/mol. The second-order valence-electron chi connectivity index (χ2n) is 7.35. The lowest BCUT2D eigenvalue weighted by atomic mass is 10.1. The molecule has 146 valence electrons. The average Bonchev–Trinajstić information content (AvgIpc) is 3.12. The first kappa shape index (κ1) is 18.2. The number of aldehydes is 1. The molecule has 0 fully saturated rings. The van der Waals surface area contributed by atoms with Crippen LogP contribution in [0.2, 0.25) is 0 Å². The van der Waals surface area contributed by atoms with E-state index in [0.29, 0.717) is 5.56 Å². The Morgan fingerprint density at radius 3 is 1.83 bits per heavy atom. The van der Waals surface area contributed by atoms with Crippen molar-refractivity contribution in [2.45, 2.75) is 13.5 Å². The van der Waals surface area contributed by atoms with Crippen LogP contribution in [0.15, 0.2) is 97.1 Å². The van der Waals surface area contributed by atoms with E-state index in [0.717, 1.165) is 35.4 Å². The van der Waals surface area contributed by atoms with Crippen LogP contribution in [0.4, 0.5) is 17.1 Å². The van der Waals surface area contributed by atoms with Gasteiger partial charge in [-0.15, -0.1) is 0 Å². The Bertz CT molecular complexity index is 1300. The fraction of sp³-hybridized carbons (Fsp3) is 0.0741. The van der Waals surface area contributed by atoms with Crippen molar-refractivity contribution in [3.8, 4) is 0 Å². The lowest BCUT2D eigenvalue weighted by Gasteiger charge is -2.25. The summed E-state index contributed by atoms with van der Waals surface area (Å²) >= 11 is 0. The fourth-order valence-electron chi connectivity index (χ4n) is 4.26. The zero-order valence-electron chi connectivity index (χ0n) is 16.8. The number of carbonyl (C=O) groups excluding carboxylic acids is 1. The molecule has 1 heterocycles. The Hall–Kier alpha value is -3.85. The standard InChI is InChI=1S/C27H22N2O/c1-2-28-26-17-20(19-30)13-15-24(26)25-16-14-23(18-27(25)28)29(21-9-5-3-6-10-21)22-11-7-4-8-12-22/h3-19H,2H2,1H3. The third-order valence-corrected chi connectivity index (χ3v) is 5.61. The molecule has 3 nitrogen and oxygen atoms in total. The third-order valence-electron chi connectivity index (χ3n) is 5.61. The van der Waals surface area contributed by atoms with Gasteiger partial charge in [0.1, 0.15) is 6.29 Å². The number of hydrogen-bond acceptors (Lipinski definition) is 2. The summed E-state index contributed by atoms with van der Waals surface area (Å²) < 4.78 is 2.29. The Morgan fingerprint density at radius 2 is 1.27 bits per heavy atom. The zero-order valence-corrected chi connectivity index (χ0v) is 16.8. The molecule has 0 amide bonds. The summed E-state index contributed by atoms with van der Waals surface area (Å²) in [5, 5.41) is 2.38. The van der Waals surface area contributed by atoms with Crippen LogP contribution in [0.25, 0.3) is 21.8 Å². The van der Waals surface area contributed by atoms with Crippen molar-refractivity contribution < 1.29 is 4.79 Å². The molecule has 0 radical (unpaired) electrons. The first-order valence-electron chi connectivity index (χ1n) is 10.2. The van der Waals surface area contributed by atoms with E-state index in [1.165, 1.54) is 16.3 Å². The zero-order chi connectivity index (χ0) is 20.5. The second kappa shape index (κ2) is 7.53. The Balaban J connectivity index is 1.76. The number of rotatable bonds is 5. The number of anilines is 3. The molecule has 1 aromatic heterocycles. The molecule has 30 heavy (non-hydrogen) atoms. The summed E-state index contributed by atoms with van der Waals surface area (Å²) in [7, 11) is 0. The Kier molecular flexibility index (Phi) is 4.56. The molecule has 0 bridgehead atoms. The number of aromatic nitrogens is 1. The first-order valence-corrected chi connectivity index (χ1v) is 10.2. The van der Waals surface area contributed by atoms with Crippen molar-refractivity contribution in [3.05, 3.63) is 103 Å². The van der Waals surface area contributed by atoms with Gasteiger partial charge < -0.3 is 9.47 Å². The fourth-order valence-corrected chi connectivity index (χ4v) is 4.26. The van der Waals surface area contributed by atoms with E-state index in [9.17, 15) is 4.79 Å². The second-order valence-corrected chi connectivity index (χ2v) is 7.35. The van der Waals surface area contributed by atoms with Gasteiger partial charge in [-0.25, -0.2) is 0 Å². The van der Waals surface area contributed by atoms with Gasteiger partial charge >= 0.3 is 0 Å². The highest BCUT2D eigenvalue weighted by atomic mass is 16.1. The third kappa shape index (κ3) is 2.96. The van der Waals surface area contributed by atoms with E-state index in [1.54, 1.807) is 0 Å². The number of hydrogen-bond donors (Lipinski definition) is 0. The lowest BCUT2D eigenvalue weighted by molar-refractivity contribution is 0.112. The Labute approximate surface area is 175 Å². The average molecular weight is 390 g/mol. The monoisotopic (exact) mass is 390 g/mol. The molecule has 0 saturated carbocycles.